The molecule has 0 bridgehead atoms. The fraction of sp³-hybridized carbons (Fsp3) is 0.562. The summed E-state index contributed by atoms with van der Waals surface area (Å²) in [5.74, 6) is 0.501. The van der Waals surface area contributed by atoms with E-state index in [1.165, 1.54) is 12.0 Å². The lowest BCUT2D eigenvalue weighted by Crippen LogP contribution is -2.28. The van der Waals surface area contributed by atoms with Crippen LogP contribution >= 0.6 is 15.9 Å². The van der Waals surface area contributed by atoms with Crippen LogP contribution in [0.2, 0.25) is 0 Å². The molecule has 98 valence electrons. The Kier molecular flexibility index (Phi) is 4.99. The van der Waals surface area contributed by atoms with Crippen LogP contribution in [-0.4, -0.2) is 11.1 Å². The Hall–Kier alpha value is -0.630. The van der Waals surface area contributed by atoms with Gasteiger partial charge in [0.15, 0.2) is 0 Å². The van der Waals surface area contributed by atoms with Crippen molar-refractivity contribution in [3.8, 4) is 0 Å². The Balaban J connectivity index is 2.08. The number of hydrogen-bond acceptors (Lipinski definition) is 1. The van der Waals surface area contributed by atoms with Crippen LogP contribution in [0.15, 0.2) is 30.3 Å². The molecule has 1 aliphatic carbocycles. The molecule has 0 radical (unpaired) electrons. The van der Waals surface area contributed by atoms with E-state index in [1.807, 2.05) is 6.07 Å². The zero-order valence-corrected chi connectivity index (χ0v) is 12.4. The maximum atomic E-state index is 12.3. The number of rotatable bonds is 6. The number of hydrogen-bond donors (Lipinski definition) is 0. The number of ketones is 1. The number of carbonyl (C=O) groups is 1. The van der Waals surface area contributed by atoms with Gasteiger partial charge in [0, 0.05) is 17.2 Å². The molecule has 1 aromatic carbocycles. The Morgan fingerprint density at radius 1 is 1.17 bits per heavy atom. The lowest BCUT2D eigenvalue weighted by Gasteiger charge is -2.27. The standard InChI is InChI=1S/C16H21BrO/c17-12-5-4-10-16(11-6-9-15(16)18)13-14-7-2-1-3-8-14/h1-3,7-8H,4-6,9-13H2. The van der Waals surface area contributed by atoms with Gasteiger partial charge >= 0.3 is 0 Å². The molecule has 18 heavy (non-hydrogen) atoms. The van der Waals surface area contributed by atoms with Crippen molar-refractivity contribution in [2.24, 2.45) is 5.41 Å². The van der Waals surface area contributed by atoms with Gasteiger partial charge in [0.1, 0.15) is 5.78 Å². The summed E-state index contributed by atoms with van der Waals surface area (Å²) in [5, 5.41) is 1.04. The topological polar surface area (TPSA) is 17.1 Å². The smallest absolute Gasteiger partial charge is 0.139 e. The van der Waals surface area contributed by atoms with E-state index in [-0.39, 0.29) is 5.41 Å². The first kappa shape index (κ1) is 13.8. The molecule has 0 N–H and O–H groups in total. The number of halogens is 1. The van der Waals surface area contributed by atoms with Gasteiger partial charge < -0.3 is 0 Å². The average molecular weight is 309 g/mol. The predicted octanol–water partition coefficient (Wildman–Crippen LogP) is 4.53. The van der Waals surface area contributed by atoms with E-state index in [9.17, 15) is 4.79 Å². The van der Waals surface area contributed by atoms with Crippen molar-refractivity contribution in [3.63, 3.8) is 0 Å². The largest absolute Gasteiger partial charge is 0.299 e. The van der Waals surface area contributed by atoms with Crippen molar-refractivity contribution in [2.45, 2.75) is 44.9 Å². The van der Waals surface area contributed by atoms with E-state index in [4.69, 9.17) is 0 Å². The van der Waals surface area contributed by atoms with E-state index in [1.54, 1.807) is 0 Å². The zero-order valence-electron chi connectivity index (χ0n) is 10.8. The second-order valence-corrected chi connectivity index (χ2v) is 6.16. The second kappa shape index (κ2) is 6.51. The molecule has 1 fully saturated rings. The molecule has 0 saturated heterocycles. The summed E-state index contributed by atoms with van der Waals surface area (Å²) in [4.78, 5) is 12.3. The van der Waals surface area contributed by atoms with Gasteiger partial charge in [-0.15, -0.1) is 0 Å². The van der Waals surface area contributed by atoms with Gasteiger partial charge in [-0.2, -0.15) is 0 Å². The van der Waals surface area contributed by atoms with Gasteiger partial charge in [-0.3, -0.25) is 4.79 Å². The monoisotopic (exact) mass is 308 g/mol. The number of alkyl halides is 1. The fourth-order valence-electron chi connectivity index (χ4n) is 3.08. The van der Waals surface area contributed by atoms with E-state index >= 15 is 0 Å². The van der Waals surface area contributed by atoms with E-state index < -0.39 is 0 Å². The van der Waals surface area contributed by atoms with E-state index in [0.29, 0.717) is 5.78 Å². The average Bonchev–Trinajstić information content (AvgIpc) is 2.73. The van der Waals surface area contributed by atoms with Gasteiger partial charge in [-0.25, -0.2) is 0 Å². The number of Topliss-reactive ketones (excluding diaryl/α,β-unsaturated/α-hetero) is 1. The zero-order chi connectivity index (χ0) is 12.8. The van der Waals surface area contributed by atoms with Gasteiger partial charge in [0.05, 0.1) is 0 Å². The summed E-state index contributed by atoms with van der Waals surface area (Å²) in [7, 11) is 0. The van der Waals surface area contributed by atoms with Crippen LogP contribution in [0.3, 0.4) is 0 Å². The molecule has 1 saturated carbocycles. The molecule has 1 aromatic rings. The summed E-state index contributed by atoms with van der Waals surface area (Å²) in [6, 6.07) is 10.5. The van der Waals surface area contributed by atoms with Crippen LogP contribution in [0, 0.1) is 5.41 Å². The maximum Gasteiger partial charge on any atom is 0.139 e. The third-order valence-corrected chi connectivity index (χ3v) is 4.64. The highest BCUT2D eigenvalue weighted by atomic mass is 79.9. The minimum atomic E-state index is -0.0521. The minimum absolute atomic E-state index is 0.0521. The first-order chi connectivity index (χ1) is 8.77. The van der Waals surface area contributed by atoms with Crippen molar-refractivity contribution in [2.75, 3.05) is 5.33 Å². The number of benzene rings is 1. The highest BCUT2D eigenvalue weighted by molar-refractivity contribution is 9.09. The summed E-state index contributed by atoms with van der Waals surface area (Å²) < 4.78 is 0. The third-order valence-electron chi connectivity index (χ3n) is 4.07. The van der Waals surface area contributed by atoms with Crippen LogP contribution in [0.25, 0.3) is 0 Å². The Morgan fingerprint density at radius 3 is 2.56 bits per heavy atom. The van der Waals surface area contributed by atoms with Crippen molar-refractivity contribution >= 4 is 21.7 Å². The van der Waals surface area contributed by atoms with Crippen LogP contribution in [0.5, 0.6) is 0 Å². The molecule has 1 nitrogen and oxygen atoms in total. The quantitative estimate of drug-likeness (QED) is 0.557. The molecule has 1 unspecified atom stereocenters. The molecule has 1 atom stereocenters. The molecule has 0 amide bonds. The summed E-state index contributed by atoms with van der Waals surface area (Å²) in [6.07, 6.45) is 7.29. The first-order valence-electron chi connectivity index (χ1n) is 6.90. The Labute approximate surface area is 118 Å². The van der Waals surface area contributed by atoms with Crippen LogP contribution in [0.1, 0.15) is 44.1 Å². The first-order valence-corrected chi connectivity index (χ1v) is 8.02. The molecule has 0 aliphatic heterocycles. The lowest BCUT2D eigenvalue weighted by atomic mass is 9.75. The molecular formula is C16H21BrO. The van der Waals surface area contributed by atoms with Gasteiger partial charge in [-0.05, 0) is 37.7 Å². The van der Waals surface area contributed by atoms with Crippen molar-refractivity contribution in [1.29, 1.82) is 0 Å². The predicted molar refractivity (Wildman–Crippen MR) is 79.1 cm³/mol. The highest BCUT2D eigenvalue weighted by Crippen LogP contribution is 2.42. The lowest BCUT2D eigenvalue weighted by molar-refractivity contribution is -0.126. The van der Waals surface area contributed by atoms with E-state index in [0.717, 1.165) is 43.9 Å². The summed E-state index contributed by atoms with van der Waals surface area (Å²) >= 11 is 3.47. The van der Waals surface area contributed by atoms with Gasteiger partial charge in [0.2, 0.25) is 0 Å². The molecule has 1 aliphatic rings. The normalized spacial score (nSPS) is 23.5. The van der Waals surface area contributed by atoms with Crippen LogP contribution in [-0.2, 0) is 11.2 Å². The van der Waals surface area contributed by atoms with Crippen molar-refractivity contribution in [3.05, 3.63) is 35.9 Å². The van der Waals surface area contributed by atoms with Crippen molar-refractivity contribution < 1.29 is 4.79 Å². The summed E-state index contributed by atoms with van der Waals surface area (Å²) in [5.41, 5.74) is 1.26. The molecule has 0 heterocycles. The van der Waals surface area contributed by atoms with Gasteiger partial charge in [0.25, 0.3) is 0 Å². The number of carbonyl (C=O) groups excluding carboxylic acids is 1. The van der Waals surface area contributed by atoms with Crippen LogP contribution < -0.4 is 0 Å². The Morgan fingerprint density at radius 2 is 1.94 bits per heavy atom. The summed E-state index contributed by atoms with van der Waals surface area (Å²) in [6.45, 7) is 0. The van der Waals surface area contributed by atoms with Crippen LogP contribution in [0.4, 0.5) is 0 Å². The molecule has 2 heteroatoms. The second-order valence-electron chi connectivity index (χ2n) is 5.37. The third kappa shape index (κ3) is 3.23. The highest BCUT2D eigenvalue weighted by Gasteiger charge is 2.40. The molecular weight excluding hydrogens is 288 g/mol. The molecule has 0 aromatic heterocycles. The number of unbranched alkanes of at least 4 members (excludes halogenated alkanes) is 1. The molecule has 2 rings (SSSR count). The fourth-order valence-corrected chi connectivity index (χ4v) is 3.47. The SMILES string of the molecule is O=C1CCCC1(CCCCBr)Cc1ccccc1. The maximum absolute atomic E-state index is 12.3. The van der Waals surface area contributed by atoms with Gasteiger partial charge in [-0.1, -0.05) is 52.7 Å². The minimum Gasteiger partial charge on any atom is -0.299 e. The van der Waals surface area contributed by atoms with E-state index in [2.05, 4.69) is 40.2 Å². The van der Waals surface area contributed by atoms with Crippen molar-refractivity contribution in [1.82, 2.24) is 0 Å². The Bertz CT molecular complexity index is 387. The molecule has 0 spiro atoms.